The van der Waals surface area contributed by atoms with Crippen molar-refractivity contribution in [1.82, 2.24) is 4.98 Å². The molecule has 0 unspecified atom stereocenters. The molecule has 0 amide bonds. The Morgan fingerprint density at radius 2 is 2.05 bits per heavy atom. The molecule has 1 aliphatic rings. The molecule has 114 valence electrons. The van der Waals surface area contributed by atoms with Gasteiger partial charge in [-0.15, -0.1) is 24.8 Å². The SMILES string of the molecule is CC(C)[C@H]1CN(c2ccc(C(=O)O)cn2)C[C@@H]1N.Cl.Cl. The molecular weight excluding hydrogens is 301 g/mol. The highest BCUT2D eigenvalue weighted by Crippen LogP contribution is 2.26. The largest absolute Gasteiger partial charge is 0.478 e. The number of nitrogens with two attached hydrogens (primary N) is 1. The molecule has 1 aromatic heterocycles. The number of halogens is 2. The molecule has 7 heteroatoms. The van der Waals surface area contributed by atoms with E-state index >= 15 is 0 Å². The summed E-state index contributed by atoms with van der Waals surface area (Å²) in [4.78, 5) is 17.1. The highest BCUT2D eigenvalue weighted by Gasteiger charge is 2.32. The van der Waals surface area contributed by atoms with Crippen LogP contribution >= 0.6 is 24.8 Å². The molecule has 1 fully saturated rings. The van der Waals surface area contributed by atoms with Crippen molar-refractivity contribution in [3.8, 4) is 0 Å². The first-order valence-corrected chi connectivity index (χ1v) is 6.19. The zero-order valence-electron chi connectivity index (χ0n) is 11.5. The van der Waals surface area contributed by atoms with Gasteiger partial charge in [-0.3, -0.25) is 0 Å². The third-order valence-electron chi connectivity index (χ3n) is 3.59. The molecular formula is C13H21Cl2N3O2. The van der Waals surface area contributed by atoms with Crippen LogP contribution in [0.5, 0.6) is 0 Å². The molecule has 2 rings (SSSR count). The van der Waals surface area contributed by atoms with Crippen molar-refractivity contribution in [2.24, 2.45) is 17.6 Å². The Morgan fingerprint density at radius 3 is 2.45 bits per heavy atom. The van der Waals surface area contributed by atoms with E-state index in [1.165, 1.54) is 6.20 Å². The Morgan fingerprint density at radius 1 is 1.40 bits per heavy atom. The monoisotopic (exact) mass is 321 g/mol. The second-order valence-electron chi connectivity index (χ2n) is 5.19. The molecule has 0 radical (unpaired) electrons. The average Bonchev–Trinajstić information content (AvgIpc) is 2.71. The minimum atomic E-state index is -0.952. The summed E-state index contributed by atoms with van der Waals surface area (Å²) >= 11 is 0. The molecule has 5 nitrogen and oxygen atoms in total. The van der Waals surface area contributed by atoms with E-state index in [1.54, 1.807) is 12.1 Å². The van der Waals surface area contributed by atoms with Crippen molar-refractivity contribution in [2.45, 2.75) is 19.9 Å². The van der Waals surface area contributed by atoms with Gasteiger partial charge in [-0.1, -0.05) is 13.8 Å². The van der Waals surface area contributed by atoms with Gasteiger partial charge >= 0.3 is 5.97 Å². The minimum Gasteiger partial charge on any atom is -0.478 e. The number of hydrogen-bond donors (Lipinski definition) is 2. The maximum atomic E-state index is 10.8. The Labute approximate surface area is 131 Å². The van der Waals surface area contributed by atoms with Crippen LogP contribution in [0.1, 0.15) is 24.2 Å². The highest BCUT2D eigenvalue weighted by atomic mass is 35.5. The van der Waals surface area contributed by atoms with Gasteiger partial charge < -0.3 is 15.7 Å². The number of aromatic nitrogens is 1. The van der Waals surface area contributed by atoms with Crippen LogP contribution in [0.2, 0.25) is 0 Å². The Hall–Kier alpha value is -1.04. The van der Waals surface area contributed by atoms with Crippen molar-refractivity contribution in [3.63, 3.8) is 0 Å². The lowest BCUT2D eigenvalue weighted by Crippen LogP contribution is -2.32. The molecule has 2 atom stereocenters. The quantitative estimate of drug-likeness (QED) is 0.890. The van der Waals surface area contributed by atoms with E-state index in [1.807, 2.05) is 0 Å². The minimum absolute atomic E-state index is 0. The fourth-order valence-electron chi connectivity index (χ4n) is 2.45. The second kappa shape index (κ2) is 7.67. The third-order valence-corrected chi connectivity index (χ3v) is 3.59. The first-order chi connectivity index (χ1) is 8.49. The van der Waals surface area contributed by atoms with Crippen molar-refractivity contribution in [2.75, 3.05) is 18.0 Å². The predicted octanol–water partition coefficient (Wildman–Crippen LogP) is 2.04. The van der Waals surface area contributed by atoms with Crippen LogP contribution in [-0.2, 0) is 0 Å². The van der Waals surface area contributed by atoms with Crippen molar-refractivity contribution in [3.05, 3.63) is 23.9 Å². The molecule has 1 aliphatic heterocycles. The van der Waals surface area contributed by atoms with Crippen LogP contribution in [0.3, 0.4) is 0 Å². The van der Waals surface area contributed by atoms with Crippen LogP contribution in [0.4, 0.5) is 5.82 Å². The Kier molecular flexibility index (Phi) is 7.27. The topological polar surface area (TPSA) is 79.5 Å². The van der Waals surface area contributed by atoms with E-state index in [4.69, 9.17) is 10.8 Å². The number of nitrogens with zero attached hydrogens (tertiary/aromatic N) is 2. The smallest absolute Gasteiger partial charge is 0.337 e. The van der Waals surface area contributed by atoms with Gasteiger partial charge in [-0.05, 0) is 24.0 Å². The number of carbonyl (C=O) groups is 1. The van der Waals surface area contributed by atoms with Gasteiger partial charge in [-0.2, -0.15) is 0 Å². The van der Waals surface area contributed by atoms with Crippen LogP contribution in [0, 0.1) is 11.8 Å². The summed E-state index contributed by atoms with van der Waals surface area (Å²) in [5.74, 6) is 0.861. The molecule has 3 N–H and O–H groups in total. The fraction of sp³-hybridized carbons (Fsp3) is 0.538. The van der Waals surface area contributed by atoms with Crippen LogP contribution < -0.4 is 10.6 Å². The molecule has 0 aromatic carbocycles. The van der Waals surface area contributed by atoms with Crippen LogP contribution in [0.15, 0.2) is 18.3 Å². The predicted molar refractivity (Wildman–Crippen MR) is 84.2 cm³/mol. The number of aromatic carboxylic acids is 1. The lowest BCUT2D eigenvalue weighted by atomic mass is 9.92. The molecule has 1 saturated heterocycles. The third kappa shape index (κ3) is 3.98. The van der Waals surface area contributed by atoms with Crippen molar-refractivity contribution >= 4 is 36.6 Å². The number of carboxylic acid groups (broad SMARTS) is 1. The van der Waals surface area contributed by atoms with Gasteiger partial charge in [0.2, 0.25) is 0 Å². The Balaban J connectivity index is 0.00000180. The lowest BCUT2D eigenvalue weighted by Gasteiger charge is -2.19. The van der Waals surface area contributed by atoms with Gasteiger partial charge in [-0.25, -0.2) is 9.78 Å². The first-order valence-electron chi connectivity index (χ1n) is 6.19. The zero-order valence-corrected chi connectivity index (χ0v) is 13.2. The normalized spacial score (nSPS) is 21.3. The maximum absolute atomic E-state index is 10.8. The number of carboxylic acids is 1. The first kappa shape index (κ1) is 19.0. The maximum Gasteiger partial charge on any atom is 0.337 e. The van der Waals surface area contributed by atoms with Crippen molar-refractivity contribution < 1.29 is 9.90 Å². The highest BCUT2D eigenvalue weighted by molar-refractivity contribution is 5.87. The van der Waals surface area contributed by atoms with E-state index in [0.717, 1.165) is 18.9 Å². The number of rotatable bonds is 3. The standard InChI is InChI=1S/C13H19N3O2.2ClH/c1-8(2)10-6-16(7-11(10)14)12-4-3-9(5-15-12)13(17)18;;/h3-5,8,10-11H,6-7,14H2,1-2H3,(H,17,18);2*1H/t10-,11+;;/m1../s1. The van der Waals surface area contributed by atoms with Crippen LogP contribution in [0.25, 0.3) is 0 Å². The summed E-state index contributed by atoms with van der Waals surface area (Å²) in [6.45, 7) is 6.02. The lowest BCUT2D eigenvalue weighted by molar-refractivity contribution is 0.0696. The molecule has 0 spiro atoms. The molecule has 20 heavy (non-hydrogen) atoms. The number of anilines is 1. The molecule has 0 aliphatic carbocycles. The van der Waals surface area contributed by atoms with E-state index in [0.29, 0.717) is 11.8 Å². The second-order valence-corrected chi connectivity index (χ2v) is 5.19. The zero-order chi connectivity index (χ0) is 13.3. The fourth-order valence-corrected chi connectivity index (χ4v) is 2.45. The molecule has 0 bridgehead atoms. The average molecular weight is 322 g/mol. The van der Waals surface area contributed by atoms with Gasteiger partial charge in [0, 0.05) is 25.3 Å². The van der Waals surface area contributed by atoms with Gasteiger partial charge in [0.1, 0.15) is 5.82 Å². The molecule has 0 saturated carbocycles. The van der Waals surface area contributed by atoms with E-state index in [-0.39, 0.29) is 36.4 Å². The van der Waals surface area contributed by atoms with Gasteiger partial charge in [0.25, 0.3) is 0 Å². The summed E-state index contributed by atoms with van der Waals surface area (Å²) < 4.78 is 0. The Bertz CT molecular complexity index is 440. The van der Waals surface area contributed by atoms with Crippen molar-refractivity contribution in [1.29, 1.82) is 0 Å². The number of pyridine rings is 1. The summed E-state index contributed by atoms with van der Waals surface area (Å²) in [5, 5.41) is 8.82. The van der Waals surface area contributed by atoms with E-state index < -0.39 is 5.97 Å². The summed E-state index contributed by atoms with van der Waals surface area (Å²) in [7, 11) is 0. The summed E-state index contributed by atoms with van der Waals surface area (Å²) in [6.07, 6.45) is 1.39. The van der Waals surface area contributed by atoms with Gasteiger partial charge in [0.15, 0.2) is 0 Å². The van der Waals surface area contributed by atoms with Crippen LogP contribution in [-0.4, -0.2) is 35.2 Å². The van der Waals surface area contributed by atoms with Gasteiger partial charge in [0.05, 0.1) is 5.56 Å². The summed E-state index contributed by atoms with van der Waals surface area (Å²) in [6, 6.07) is 3.49. The van der Waals surface area contributed by atoms with E-state index in [2.05, 4.69) is 23.7 Å². The molecule has 1 aromatic rings. The number of hydrogen-bond acceptors (Lipinski definition) is 4. The summed E-state index contributed by atoms with van der Waals surface area (Å²) in [5.41, 5.74) is 6.33. The van der Waals surface area contributed by atoms with E-state index in [9.17, 15) is 4.79 Å². The molecule has 2 heterocycles.